The van der Waals surface area contributed by atoms with Gasteiger partial charge in [-0.3, -0.25) is 18.9 Å². The molecule has 0 amide bonds. The largest absolute Gasteiger partial charge is 0.490 e. The molecular formula is C14H21N2O15P3. The van der Waals surface area contributed by atoms with E-state index >= 15 is 0 Å². The minimum Gasteiger partial charge on any atom is -0.386 e. The van der Waals surface area contributed by atoms with E-state index in [1.54, 1.807) is 0 Å². The maximum absolute atomic E-state index is 12.3. The van der Waals surface area contributed by atoms with Crippen molar-refractivity contribution in [3.63, 3.8) is 0 Å². The van der Waals surface area contributed by atoms with E-state index in [-0.39, 0.29) is 5.69 Å². The number of rotatable bonds is 8. The third-order valence-electron chi connectivity index (χ3n) is 4.33. The predicted octanol–water partition coefficient (Wildman–Crippen LogP) is -1.41. The second kappa shape index (κ2) is 9.88. The Morgan fingerprint density at radius 2 is 1.76 bits per heavy atom. The molecule has 4 unspecified atom stereocenters. The third-order valence-corrected chi connectivity index (χ3v) is 8.26. The van der Waals surface area contributed by atoms with Gasteiger partial charge in [-0.1, -0.05) is 5.92 Å². The minimum absolute atomic E-state index is 0.0107. The van der Waals surface area contributed by atoms with Crippen LogP contribution in [0, 0.1) is 18.8 Å². The van der Waals surface area contributed by atoms with Crippen LogP contribution in [0.15, 0.2) is 15.7 Å². The summed E-state index contributed by atoms with van der Waals surface area (Å²) >= 11 is 0. The van der Waals surface area contributed by atoms with Crippen LogP contribution in [0.2, 0.25) is 0 Å². The van der Waals surface area contributed by atoms with Crippen molar-refractivity contribution >= 4 is 23.5 Å². The van der Waals surface area contributed by atoms with Crippen LogP contribution in [-0.2, 0) is 31.6 Å². The highest BCUT2D eigenvalue weighted by molar-refractivity contribution is 7.66. The molecule has 0 aromatic carbocycles. The molecule has 0 aliphatic carbocycles. The number of aliphatic hydroxyl groups is 2. The van der Waals surface area contributed by atoms with Gasteiger partial charge < -0.3 is 34.5 Å². The van der Waals surface area contributed by atoms with Gasteiger partial charge >= 0.3 is 29.2 Å². The summed E-state index contributed by atoms with van der Waals surface area (Å²) < 4.78 is 52.4. The molecule has 1 aromatic heterocycles. The molecule has 7 N–H and O–H groups in total. The summed E-state index contributed by atoms with van der Waals surface area (Å²) in [6, 6.07) is 0.986. The van der Waals surface area contributed by atoms with Crippen molar-refractivity contribution in [1.82, 2.24) is 9.55 Å². The van der Waals surface area contributed by atoms with Gasteiger partial charge in [0, 0.05) is 11.8 Å². The minimum atomic E-state index is -5.81. The first-order valence-electron chi connectivity index (χ1n) is 8.96. The first-order chi connectivity index (χ1) is 15.3. The lowest BCUT2D eigenvalue weighted by atomic mass is 9.92. The number of aromatic amines is 1. The molecule has 2 heterocycles. The summed E-state index contributed by atoms with van der Waals surface area (Å²) in [5.74, 6) is 4.60. The Hall–Kier alpha value is -1.47. The van der Waals surface area contributed by atoms with Crippen LogP contribution in [0.4, 0.5) is 0 Å². The van der Waals surface area contributed by atoms with E-state index in [1.165, 1.54) is 13.8 Å². The van der Waals surface area contributed by atoms with Gasteiger partial charge in [-0.15, -0.1) is 5.92 Å². The van der Waals surface area contributed by atoms with Gasteiger partial charge in [0.2, 0.25) is 0 Å². The van der Waals surface area contributed by atoms with Crippen LogP contribution >= 0.6 is 23.5 Å². The molecule has 0 saturated carbocycles. The van der Waals surface area contributed by atoms with Crippen molar-refractivity contribution in [2.45, 2.75) is 50.9 Å². The van der Waals surface area contributed by atoms with E-state index in [4.69, 9.17) is 14.5 Å². The van der Waals surface area contributed by atoms with Crippen LogP contribution in [0.5, 0.6) is 0 Å². The number of hydrogen-bond donors (Lipinski definition) is 7. The Morgan fingerprint density at radius 1 is 1.18 bits per heavy atom. The number of nitrogens with one attached hydrogen (secondary N) is 1. The lowest BCUT2D eigenvalue weighted by Gasteiger charge is -2.28. The van der Waals surface area contributed by atoms with E-state index in [2.05, 4.69) is 25.0 Å². The summed E-state index contributed by atoms with van der Waals surface area (Å²) in [5.41, 5.74) is -4.33. The van der Waals surface area contributed by atoms with Gasteiger partial charge in [-0.05, 0) is 20.8 Å². The van der Waals surface area contributed by atoms with Crippen LogP contribution in [-0.4, -0.2) is 63.3 Å². The summed E-state index contributed by atoms with van der Waals surface area (Å²) in [7, 11) is -17.0. The summed E-state index contributed by atoms with van der Waals surface area (Å²) in [5, 5.41) is 21.7. The second-order valence-electron chi connectivity index (χ2n) is 6.95. The van der Waals surface area contributed by atoms with Crippen LogP contribution < -0.4 is 11.2 Å². The third kappa shape index (κ3) is 6.60. The number of aromatic nitrogens is 2. The molecule has 0 radical (unpaired) electrons. The van der Waals surface area contributed by atoms with E-state index in [0.29, 0.717) is 0 Å². The standard InChI is InChI=1S/C14H21N2O15P3/c1-4-5-14(20)11(18)10(28-12(14)16-7(2)6-9(17)15-13(16)19)8(3)29-33(24,25)31-34(26,27)30-32(21,22)23/h6,8,10-12,18,20H,1-3H3,(H,24,25)(H,26,27)(H,15,17,19)(H2,21,22,23)/t8-,10?,11+,12-,14?/m1/s1. The zero-order valence-corrected chi connectivity index (χ0v) is 20.2. The van der Waals surface area contributed by atoms with Gasteiger partial charge in [-0.2, -0.15) is 8.62 Å². The number of nitrogens with zero attached hydrogens (tertiary/aromatic N) is 1. The maximum atomic E-state index is 12.3. The van der Waals surface area contributed by atoms with Crippen LogP contribution in [0.25, 0.3) is 0 Å². The molecule has 17 nitrogen and oxygen atoms in total. The van der Waals surface area contributed by atoms with Gasteiger partial charge in [0.15, 0.2) is 11.8 Å². The Balaban J connectivity index is 2.37. The number of phosphoric ester groups is 1. The van der Waals surface area contributed by atoms with Crippen molar-refractivity contribution in [2.75, 3.05) is 0 Å². The number of aliphatic hydroxyl groups excluding tert-OH is 1. The van der Waals surface area contributed by atoms with Crippen molar-refractivity contribution in [2.24, 2.45) is 0 Å². The molecule has 0 bridgehead atoms. The normalized spacial score (nSPS) is 29.5. The highest BCUT2D eigenvalue weighted by Crippen LogP contribution is 2.66. The molecule has 1 saturated heterocycles. The van der Waals surface area contributed by atoms with Gasteiger partial charge in [0.05, 0.1) is 6.10 Å². The quantitative estimate of drug-likeness (QED) is 0.145. The smallest absolute Gasteiger partial charge is 0.386 e. The fraction of sp³-hybridized carbons (Fsp3) is 0.571. The van der Waals surface area contributed by atoms with Crippen LogP contribution in [0.3, 0.4) is 0 Å². The fourth-order valence-corrected chi connectivity index (χ4v) is 6.37. The first-order valence-corrected chi connectivity index (χ1v) is 13.5. The van der Waals surface area contributed by atoms with E-state index in [1.807, 2.05) is 4.98 Å². The topological polar surface area (TPSA) is 264 Å². The highest BCUT2D eigenvalue weighted by Gasteiger charge is 2.58. The Kier molecular flexibility index (Phi) is 8.36. The molecule has 20 heteroatoms. The Morgan fingerprint density at radius 3 is 2.26 bits per heavy atom. The van der Waals surface area contributed by atoms with Gasteiger partial charge in [-0.25, -0.2) is 18.5 Å². The van der Waals surface area contributed by atoms with Gasteiger partial charge in [0.25, 0.3) is 5.56 Å². The molecule has 1 aromatic rings. The maximum Gasteiger partial charge on any atom is 0.490 e. The van der Waals surface area contributed by atoms with Gasteiger partial charge in [0.1, 0.15) is 12.2 Å². The molecule has 192 valence electrons. The van der Waals surface area contributed by atoms with Crippen LogP contribution in [0.1, 0.15) is 25.8 Å². The van der Waals surface area contributed by atoms with Crippen molar-refractivity contribution in [3.05, 3.63) is 32.6 Å². The van der Waals surface area contributed by atoms with Crippen molar-refractivity contribution < 1.29 is 61.4 Å². The summed E-state index contributed by atoms with van der Waals surface area (Å²) in [6.07, 6.45) is -7.27. The first kappa shape index (κ1) is 28.8. The molecular weight excluding hydrogens is 529 g/mol. The monoisotopic (exact) mass is 550 g/mol. The fourth-order valence-electron chi connectivity index (χ4n) is 3.17. The Bertz CT molecular complexity index is 1260. The molecule has 7 atom stereocenters. The highest BCUT2D eigenvalue weighted by atomic mass is 31.3. The number of phosphoric acid groups is 3. The average molecular weight is 550 g/mol. The van der Waals surface area contributed by atoms with E-state index < -0.39 is 64.9 Å². The lowest BCUT2D eigenvalue weighted by molar-refractivity contribution is -0.0878. The average Bonchev–Trinajstić information content (AvgIpc) is 2.83. The van der Waals surface area contributed by atoms with Crippen molar-refractivity contribution in [1.29, 1.82) is 0 Å². The number of ether oxygens (including phenoxy) is 1. The lowest BCUT2D eigenvalue weighted by Crippen LogP contribution is -2.49. The SMILES string of the molecule is CC#CC1(O)[C@@H](O)C([C@@H](C)OP(=O)(O)OP(=O)(O)OP(=O)(O)O)O[C@H]1n1c(C)cc(=O)[nH]c1=O. The van der Waals surface area contributed by atoms with E-state index in [9.17, 15) is 43.3 Å². The zero-order valence-electron chi connectivity index (χ0n) is 17.5. The molecule has 0 spiro atoms. The second-order valence-corrected chi connectivity index (χ2v) is 11.3. The van der Waals surface area contributed by atoms with Crippen molar-refractivity contribution in [3.8, 4) is 11.8 Å². The number of aryl methyl sites for hydroxylation is 1. The summed E-state index contributed by atoms with van der Waals surface area (Å²) in [6.45, 7) is 3.60. The van der Waals surface area contributed by atoms with E-state index in [0.717, 1.165) is 17.6 Å². The molecule has 1 fully saturated rings. The summed E-state index contributed by atoms with van der Waals surface area (Å²) in [4.78, 5) is 61.9. The molecule has 1 aliphatic rings. The molecule has 2 rings (SSSR count). The Labute approximate surface area is 190 Å². The molecule has 34 heavy (non-hydrogen) atoms. The number of hydrogen-bond acceptors (Lipinski definition) is 11. The predicted molar refractivity (Wildman–Crippen MR) is 109 cm³/mol. The zero-order chi connectivity index (χ0) is 26.3. The number of H-pyrrole nitrogens is 1. The molecule has 1 aliphatic heterocycles.